The van der Waals surface area contributed by atoms with Crippen molar-refractivity contribution in [1.82, 2.24) is 5.32 Å². The summed E-state index contributed by atoms with van der Waals surface area (Å²) in [6.45, 7) is -0.252. The Morgan fingerprint density at radius 1 is 1.00 bits per heavy atom. The highest BCUT2D eigenvalue weighted by molar-refractivity contribution is 4.84. The lowest BCUT2D eigenvalue weighted by Gasteiger charge is -2.36. The first kappa shape index (κ1) is 14.2. The molecule has 0 amide bonds. The van der Waals surface area contributed by atoms with Crippen molar-refractivity contribution in [2.24, 2.45) is 11.8 Å². The van der Waals surface area contributed by atoms with Crippen LogP contribution in [0.3, 0.4) is 0 Å². The molecule has 0 radical (unpaired) electrons. The van der Waals surface area contributed by atoms with Crippen LogP contribution in [-0.4, -0.2) is 35.3 Å². The Kier molecular flexibility index (Phi) is 5.39. The number of alkyl halides is 1. The molecule has 1 heterocycles. The van der Waals surface area contributed by atoms with E-state index in [0.29, 0.717) is 18.3 Å². The minimum atomic E-state index is -0.431. The van der Waals surface area contributed by atoms with Gasteiger partial charge in [0, 0.05) is 6.04 Å². The molecule has 2 rings (SSSR count). The number of hydrogen-bond acceptors (Lipinski definition) is 3. The molecule has 0 aromatic carbocycles. The Balaban J connectivity index is 1.95. The van der Waals surface area contributed by atoms with E-state index >= 15 is 0 Å². The lowest BCUT2D eigenvalue weighted by molar-refractivity contribution is 0.0292. The van der Waals surface area contributed by atoms with E-state index in [9.17, 15) is 14.6 Å². The van der Waals surface area contributed by atoms with Crippen molar-refractivity contribution in [1.29, 1.82) is 0 Å². The number of aliphatic hydroxyl groups is 2. The van der Waals surface area contributed by atoms with E-state index in [1.165, 1.54) is 0 Å². The van der Waals surface area contributed by atoms with E-state index in [1.54, 1.807) is 0 Å². The van der Waals surface area contributed by atoms with E-state index in [4.69, 9.17) is 0 Å². The van der Waals surface area contributed by atoms with Gasteiger partial charge < -0.3 is 10.2 Å². The van der Waals surface area contributed by atoms with E-state index in [0.717, 1.165) is 44.9 Å². The SMILES string of the molecule is OC1CCC(CCF)CCC2CC(O)NC(C1)C2. The molecule has 3 nitrogen and oxygen atoms in total. The van der Waals surface area contributed by atoms with Crippen LogP contribution in [0.2, 0.25) is 0 Å². The minimum absolute atomic E-state index is 0.242. The number of aliphatic hydroxyl groups excluding tert-OH is 2. The summed E-state index contributed by atoms with van der Waals surface area (Å²) in [5, 5.41) is 23.0. The first-order valence-corrected chi connectivity index (χ1v) is 7.35. The van der Waals surface area contributed by atoms with E-state index < -0.39 is 6.23 Å². The summed E-state index contributed by atoms with van der Waals surface area (Å²) in [5.41, 5.74) is 0. The molecule has 2 aliphatic rings. The molecule has 106 valence electrons. The minimum Gasteiger partial charge on any atom is -0.393 e. The summed E-state index contributed by atoms with van der Waals surface area (Å²) in [6, 6.07) is 0.242. The van der Waals surface area contributed by atoms with Gasteiger partial charge in [-0.05, 0) is 56.8 Å². The molecule has 3 N–H and O–H groups in total. The quantitative estimate of drug-likeness (QED) is 0.710. The Labute approximate surface area is 109 Å². The van der Waals surface area contributed by atoms with Gasteiger partial charge in [0.05, 0.1) is 12.8 Å². The van der Waals surface area contributed by atoms with E-state index in [2.05, 4.69) is 5.32 Å². The van der Waals surface area contributed by atoms with Gasteiger partial charge in [-0.25, -0.2) is 0 Å². The van der Waals surface area contributed by atoms with Gasteiger partial charge in [-0.15, -0.1) is 0 Å². The molecule has 5 atom stereocenters. The zero-order valence-corrected chi connectivity index (χ0v) is 11.0. The zero-order chi connectivity index (χ0) is 13.0. The van der Waals surface area contributed by atoms with Crippen LogP contribution in [-0.2, 0) is 0 Å². The van der Waals surface area contributed by atoms with Gasteiger partial charge in [-0.1, -0.05) is 6.42 Å². The Morgan fingerprint density at radius 2 is 1.78 bits per heavy atom. The Hall–Kier alpha value is -0.190. The van der Waals surface area contributed by atoms with Crippen LogP contribution in [0.4, 0.5) is 4.39 Å². The second-order valence-corrected chi connectivity index (χ2v) is 6.10. The molecule has 0 aromatic rings. The van der Waals surface area contributed by atoms with Gasteiger partial charge in [0.15, 0.2) is 0 Å². The van der Waals surface area contributed by atoms with E-state index in [-0.39, 0.29) is 18.8 Å². The van der Waals surface area contributed by atoms with Crippen molar-refractivity contribution in [2.75, 3.05) is 6.67 Å². The van der Waals surface area contributed by atoms with Gasteiger partial charge in [0.2, 0.25) is 0 Å². The summed E-state index contributed by atoms with van der Waals surface area (Å²) in [7, 11) is 0. The molecule has 1 saturated heterocycles. The largest absolute Gasteiger partial charge is 0.393 e. The summed E-state index contributed by atoms with van der Waals surface area (Å²) in [4.78, 5) is 0. The van der Waals surface area contributed by atoms with E-state index in [1.807, 2.05) is 0 Å². The lowest BCUT2D eigenvalue weighted by atomic mass is 9.80. The summed E-state index contributed by atoms with van der Waals surface area (Å²) >= 11 is 0. The maximum atomic E-state index is 12.5. The Morgan fingerprint density at radius 3 is 2.56 bits per heavy atom. The van der Waals surface area contributed by atoms with Crippen molar-refractivity contribution < 1.29 is 14.6 Å². The van der Waals surface area contributed by atoms with Crippen LogP contribution < -0.4 is 5.32 Å². The molecule has 0 spiro atoms. The van der Waals surface area contributed by atoms with Crippen molar-refractivity contribution in [3.63, 3.8) is 0 Å². The number of rotatable bonds is 2. The van der Waals surface area contributed by atoms with Crippen molar-refractivity contribution in [3.8, 4) is 0 Å². The molecular weight excluding hydrogens is 233 g/mol. The van der Waals surface area contributed by atoms with Crippen LogP contribution in [0.5, 0.6) is 0 Å². The average Bonchev–Trinajstić information content (AvgIpc) is 2.31. The molecule has 1 aliphatic heterocycles. The molecule has 18 heavy (non-hydrogen) atoms. The molecule has 1 saturated carbocycles. The molecule has 1 aliphatic carbocycles. The van der Waals surface area contributed by atoms with Crippen LogP contribution in [0.15, 0.2) is 0 Å². The summed E-state index contributed by atoms with van der Waals surface area (Å²) in [5.74, 6) is 0.937. The van der Waals surface area contributed by atoms with Crippen molar-refractivity contribution in [2.45, 2.75) is 69.7 Å². The highest BCUT2D eigenvalue weighted by atomic mass is 19.1. The van der Waals surface area contributed by atoms with Gasteiger partial charge >= 0.3 is 0 Å². The zero-order valence-electron chi connectivity index (χ0n) is 11.0. The normalized spacial score (nSPS) is 42.5. The first-order chi connectivity index (χ1) is 8.67. The summed E-state index contributed by atoms with van der Waals surface area (Å²) < 4.78 is 12.5. The molecule has 2 fully saturated rings. The van der Waals surface area contributed by atoms with Crippen LogP contribution >= 0.6 is 0 Å². The number of hydrogen-bond donors (Lipinski definition) is 3. The lowest BCUT2D eigenvalue weighted by Crippen LogP contribution is -2.47. The molecule has 2 bridgehead atoms. The smallest absolute Gasteiger partial charge is 0.105 e. The third kappa shape index (κ3) is 4.18. The van der Waals surface area contributed by atoms with Crippen LogP contribution in [0.25, 0.3) is 0 Å². The fourth-order valence-corrected chi connectivity index (χ4v) is 3.56. The van der Waals surface area contributed by atoms with Crippen molar-refractivity contribution >= 4 is 0 Å². The van der Waals surface area contributed by atoms with Gasteiger partial charge in [-0.3, -0.25) is 9.71 Å². The molecule has 4 heteroatoms. The van der Waals surface area contributed by atoms with Crippen LogP contribution in [0.1, 0.15) is 51.4 Å². The highest BCUT2D eigenvalue weighted by Crippen LogP contribution is 2.31. The maximum absolute atomic E-state index is 12.5. The standard InChI is InChI=1S/C14H26FNO2/c15-6-5-10-1-2-11-7-12(16-14(18)8-11)9-13(17)4-3-10/h10-14,16-18H,1-9H2. The third-order valence-corrected chi connectivity index (χ3v) is 4.57. The third-order valence-electron chi connectivity index (χ3n) is 4.57. The molecular formula is C14H26FNO2. The highest BCUT2D eigenvalue weighted by Gasteiger charge is 2.30. The number of nitrogens with one attached hydrogen (secondary N) is 1. The predicted octanol–water partition coefficient (Wildman–Crippen LogP) is 1.97. The predicted molar refractivity (Wildman–Crippen MR) is 68.8 cm³/mol. The topological polar surface area (TPSA) is 52.5 Å². The number of fused-ring (bicyclic) bond motifs is 2. The Bertz CT molecular complexity index is 250. The summed E-state index contributed by atoms with van der Waals surface area (Å²) in [6.07, 6.45) is 6.28. The van der Waals surface area contributed by atoms with Gasteiger partial charge in [-0.2, -0.15) is 0 Å². The fourth-order valence-electron chi connectivity index (χ4n) is 3.56. The number of halogens is 1. The molecule has 5 unspecified atom stereocenters. The fraction of sp³-hybridized carbons (Fsp3) is 1.00. The van der Waals surface area contributed by atoms with Gasteiger partial charge in [0.1, 0.15) is 6.23 Å². The maximum Gasteiger partial charge on any atom is 0.105 e. The second-order valence-electron chi connectivity index (χ2n) is 6.10. The van der Waals surface area contributed by atoms with Crippen LogP contribution in [0, 0.1) is 11.8 Å². The molecule has 0 aromatic heterocycles. The first-order valence-electron chi connectivity index (χ1n) is 7.35. The monoisotopic (exact) mass is 259 g/mol. The van der Waals surface area contributed by atoms with Crippen molar-refractivity contribution in [3.05, 3.63) is 0 Å². The number of piperidine rings is 1. The average molecular weight is 259 g/mol. The second kappa shape index (κ2) is 6.83. The van der Waals surface area contributed by atoms with Gasteiger partial charge in [0.25, 0.3) is 0 Å².